The number of carboxylic acid groups (broad SMARTS) is 1. The molecule has 1 heterocycles. The fraction of sp³-hybridized carbons (Fsp3) is 0.250. The largest absolute Gasteiger partial charge is 0.480 e. The number of halogens is 2. The second kappa shape index (κ2) is 11.0. The summed E-state index contributed by atoms with van der Waals surface area (Å²) in [7, 11) is 0. The van der Waals surface area contributed by atoms with Gasteiger partial charge in [-0.25, -0.2) is 8.78 Å². The van der Waals surface area contributed by atoms with Crippen LogP contribution in [-0.2, 0) is 17.3 Å². The van der Waals surface area contributed by atoms with Gasteiger partial charge in [0.25, 0.3) is 11.8 Å². The topological polar surface area (TPSA) is 108 Å². The lowest BCUT2D eigenvalue weighted by atomic mass is 9.92. The number of alkyl halides is 2. The molecule has 1 unspecified atom stereocenters. The molecule has 3 aromatic carbocycles. The van der Waals surface area contributed by atoms with Gasteiger partial charge in [-0.15, -0.1) is 0 Å². The maximum Gasteiger partial charge on any atom is 0.320 e. The van der Waals surface area contributed by atoms with E-state index in [1.54, 1.807) is 36.4 Å². The highest BCUT2D eigenvalue weighted by Crippen LogP contribution is 2.39. The van der Waals surface area contributed by atoms with Gasteiger partial charge in [0.05, 0.1) is 0 Å². The Morgan fingerprint density at radius 1 is 1.05 bits per heavy atom. The number of nitrogens with one attached hydrogen (secondary N) is 1. The molecule has 0 amide bonds. The SMILES string of the molecule is Cc1ccccc1-c1ccc(-c2nc(-c3ccc(CNC(CCO)C(=O)O)cc3)no2)cc1C(C)(F)F. The van der Waals surface area contributed by atoms with Crippen LogP contribution in [0.4, 0.5) is 8.78 Å². The van der Waals surface area contributed by atoms with Gasteiger partial charge in [0, 0.05) is 36.8 Å². The number of carbonyl (C=O) groups is 1. The summed E-state index contributed by atoms with van der Waals surface area (Å²) in [5, 5.41) is 25.1. The Kier molecular flexibility index (Phi) is 7.75. The molecule has 0 saturated heterocycles. The van der Waals surface area contributed by atoms with Crippen LogP contribution in [0.2, 0.25) is 0 Å². The Balaban J connectivity index is 1.56. The predicted octanol–water partition coefficient (Wildman–Crippen LogP) is 5.42. The van der Waals surface area contributed by atoms with E-state index in [0.717, 1.165) is 23.6 Å². The van der Waals surface area contributed by atoms with E-state index in [9.17, 15) is 18.7 Å². The van der Waals surface area contributed by atoms with Crippen LogP contribution >= 0.6 is 0 Å². The van der Waals surface area contributed by atoms with Gasteiger partial charge in [-0.05, 0) is 47.7 Å². The van der Waals surface area contributed by atoms with E-state index in [1.807, 2.05) is 31.2 Å². The summed E-state index contributed by atoms with van der Waals surface area (Å²) in [6.07, 6.45) is 0.108. The van der Waals surface area contributed by atoms with Crippen molar-refractivity contribution in [2.75, 3.05) is 6.61 Å². The van der Waals surface area contributed by atoms with E-state index in [1.165, 1.54) is 6.07 Å². The molecule has 0 aliphatic rings. The highest BCUT2D eigenvalue weighted by molar-refractivity contribution is 5.75. The van der Waals surface area contributed by atoms with Crippen molar-refractivity contribution in [2.45, 2.75) is 38.8 Å². The van der Waals surface area contributed by atoms with E-state index in [4.69, 9.17) is 9.63 Å². The van der Waals surface area contributed by atoms with Crippen LogP contribution in [0.1, 0.15) is 30.0 Å². The molecule has 0 bridgehead atoms. The first-order valence-corrected chi connectivity index (χ1v) is 11.8. The zero-order valence-electron chi connectivity index (χ0n) is 20.4. The molecule has 1 atom stereocenters. The van der Waals surface area contributed by atoms with Gasteiger partial charge < -0.3 is 20.1 Å². The molecule has 3 N–H and O–H groups in total. The summed E-state index contributed by atoms with van der Waals surface area (Å²) in [5.41, 5.74) is 3.82. The number of aliphatic carboxylic acids is 1. The van der Waals surface area contributed by atoms with Crippen LogP contribution in [0.3, 0.4) is 0 Å². The van der Waals surface area contributed by atoms with Crippen LogP contribution in [0.15, 0.2) is 71.3 Å². The maximum atomic E-state index is 14.6. The monoisotopic (exact) mass is 507 g/mol. The second-order valence-corrected chi connectivity index (χ2v) is 8.87. The molecule has 0 spiro atoms. The zero-order chi connectivity index (χ0) is 26.6. The molecule has 1 aromatic heterocycles. The average Bonchev–Trinajstić information content (AvgIpc) is 3.36. The molecule has 192 valence electrons. The van der Waals surface area contributed by atoms with Crippen LogP contribution in [0.25, 0.3) is 34.0 Å². The number of rotatable bonds is 10. The van der Waals surface area contributed by atoms with Gasteiger partial charge in [-0.2, -0.15) is 4.98 Å². The lowest BCUT2D eigenvalue weighted by molar-refractivity contribution is -0.140. The molecule has 0 fully saturated rings. The number of hydrogen-bond donors (Lipinski definition) is 3. The van der Waals surface area contributed by atoms with Crippen molar-refractivity contribution < 1.29 is 28.3 Å². The quantitative estimate of drug-likeness (QED) is 0.263. The second-order valence-electron chi connectivity index (χ2n) is 8.87. The smallest absolute Gasteiger partial charge is 0.320 e. The van der Waals surface area contributed by atoms with Crippen molar-refractivity contribution >= 4 is 5.97 Å². The van der Waals surface area contributed by atoms with E-state index >= 15 is 0 Å². The van der Waals surface area contributed by atoms with Crippen molar-refractivity contribution in [3.8, 4) is 34.0 Å². The summed E-state index contributed by atoms with van der Waals surface area (Å²) in [5.74, 6) is -3.69. The Bertz CT molecular complexity index is 1380. The first-order valence-electron chi connectivity index (χ1n) is 11.8. The van der Waals surface area contributed by atoms with Crippen LogP contribution in [0.5, 0.6) is 0 Å². The summed E-state index contributed by atoms with van der Waals surface area (Å²) in [4.78, 5) is 15.6. The predicted molar refractivity (Wildman–Crippen MR) is 135 cm³/mol. The molecule has 9 heteroatoms. The number of nitrogens with zero attached hydrogens (tertiary/aromatic N) is 2. The number of aromatic nitrogens is 2. The number of benzene rings is 3. The van der Waals surface area contributed by atoms with Gasteiger partial charge >= 0.3 is 5.97 Å². The van der Waals surface area contributed by atoms with E-state index < -0.39 is 17.9 Å². The molecule has 0 radical (unpaired) electrons. The Morgan fingerprint density at radius 3 is 2.41 bits per heavy atom. The zero-order valence-corrected chi connectivity index (χ0v) is 20.4. The average molecular weight is 508 g/mol. The minimum atomic E-state index is -3.09. The van der Waals surface area contributed by atoms with Crippen molar-refractivity contribution in [1.29, 1.82) is 0 Å². The first kappa shape index (κ1) is 26.1. The molecule has 0 aliphatic heterocycles. The number of aryl methyl sites for hydroxylation is 1. The fourth-order valence-corrected chi connectivity index (χ4v) is 4.06. The number of aliphatic hydroxyl groups excluding tert-OH is 1. The molecule has 4 aromatic rings. The van der Waals surface area contributed by atoms with Gasteiger partial charge in [0.1, 0.15) is 6.04 Å². The van der Waals surface area contributed by atoms with Crippen molar-refractivity contribution in [1.82, 2.24) is 15.5 Å². The number of hydrogen-bond acceptors (Lipinski definition) is 6. The molecule has 37 heavy (non-hydrogen) atoms. The van der Waals surface area contributed by atoms with Crippen LogP contribution in [0, 0.1) is 6.92 Å². The highest BCUT2D eigenvalue weighted by atomic mass is 19.3. The van der Waals surface area contributed by atoms with Gasteiger partial charge in [0.2, 0.25) is 5.82 Å². The van der Waals surface area contributed by atoms with Crippen LogP contribution in [-0.4, -0.2) is 39.0 Å². The standard InChI is InChI=1S/C28H27F2N3O4/c1-17-5-3-4-6-21(17)22-12-11-20(15-23(22)28(2,29)30)26-32-25(33-37-26)19-9-7-18(8-10-19)16-31-24(13-14-34)27(35)36/h3-12,15,24,31,34H,13-14,16H2,1-2H3,(H,35,36). The summed E-state index contributed by atoms with van der Waals surface area (Å²) < 4.78 is 34.6. The summed E-state index contributed by atoms with van der Waals surface area (Å²) >= 11 is 0. The van der Waals surface area contributed by atoms with Crippen molar-refractivity contribution in [2.24, 2.45) is 0 Å². The Hall–Kier alpha value is -3.95. The Labute approximate surface area is 212 Å². The van der Waals surface area contributed by atoms with E-state index in [2.05, 4.69) is 15.5 Å². The molecule has 4 rings (SSSR count). The molecule has 7 nitrogen and oxygen atoms in total. The Morgan fingerprint density at radius 2 is 1.76 bits per heavy atom. The molecular formula is C28H27F2N3O4. The van der Waals surface area contributed by atoms with E-state index in [-0.39, 0.29) is 24.5 Å². The molecule has 0 aliphatic carbocycles. The lowest BCUT2D eigenvalue weighted by Gasteiger charge is -2.18. The molecule has 0 saturated carbocycles. The summed E-state index contributed by atoms with van der Waals surface area (Å²) in [6, 6.07) is 18.4. The normalized spacial score (nSPS) is 12.5. The minimum absolute atomic E-state index is 0.108. The first-order chi connectivity index (χ1) is 17.7. The van der Waals surface area contributed by atoms with Gasteiger partial charge in [0.15, 0.2) is 0 Å². The number of aliphatic hydroxyl groups is 1. The van der Waals surface area contributed by atoms with Gasteiger partial charge in [-0.3, -0.25) is 4.79 Å². The van der Waals surface area contributed by atoms with Gasteiger partial charge in [-0.1, -0.05) is 59.8 Å². The fourth-order valence-electron chi connectivity index (χ4n) is 4.06. The third-order valence-corrected chi connectivity index (χ3v) is 6.08. The molecular weight excluding hydrogens is 480 g/mol. The maximum absolute atomic E-state index is 14.6. The highest BCUT2D eigenvalue weighted by Gasteiger charge is 2.29. The third kappa shape index (κ3) is 6.07. The van der Waals surface area contributed by atoms with Crippen molar-refractivity contribution in [3.63, 3.8) is 0 Å². The summed E-state index contributed by atoms with van der Waals surface area (Å²) in [6.45, 7) is 2.82. The van der Waals surface area contributed by atoms with Crippen LogP contribution < -0.4 is 5.32 Å². The van der Waals surface area contributed by atoms with E-state index in [0.29, 0.717) is 29.1 Å². The third-order valence-electron chi connectivity index (χ3n) is 6.08. The number of carboxylic acids is 1. The lowest BCUT2D eigenvalue weighted by Crippen LogP contribution is -2.36. The van der Waals surface area contributed by atoms with Crippen molar-refractivity contribution in [3.05, 3.63) is 83.4 Å². The minimum Gasteiger partial charge on any atom is -0.480 e.